The van der Waals surface area contributed by atoms with E-state index in [0.29, 0.717) is 25.7 Å². The summed E-state index contributed by atoms with van der Waals surface area (Å²) in [7, 11) is -9.84. The standard InChI is InChI=1S/C89H146O16P2/c1-4-7-10-13-16-19-22-25-28-31-34-36-37-38-39-40-41-42-43-44-45-47-50-51-54-57-60-63-66-69-72-75-87(92)99-78-84(90)79-101-106(95,96)102-80-85(91)81-103-107(97,98)104-83-86(105-89(94)77-74-71-68-65-62-59-56-53-48-33-30-27-24-21-18-15-12-9-6-3)82-100-88(93)76-73-70-67-64-61-58-55-52-49-46-35-32-29-26-23-20-17-14-11-8-5-2/h7,9-10,12,16-21,25-30,34-36,38-39,46,48,52-53,55,59,62,68,71,84-86,90-91H,4-6,8,11,13-15,22-24,31-33,37,40-45,47,49-51,54,56-58,60-61,63-67,69-70,72-83H2,1-3H3,(H,95,96)(H,97,98)/b10-7-,12-9-,19-16-,20-17-,21-18-,28-25-,29-26-,30-27-,36-34-,39-38-,46-35-,53-48-,55-52-,62-59-,71-68-. The van der Waals surface area contributed by atoms with Crippen molar-refractivity contribution in [2.24, 2.45) is 0 Å². The number of allylic oxidation sites excluding steroid dienone is 30. The van der Waals surface area contributed by atoms with Crippen molar-refractivity contribution in [2.75, 3.05) is 39.6 Å². The zero-order valence-electron chi connectivity index (χ0n) is 66.5. The Hall–Kier alpha value is -5.35. The second-order valence-corrected chi connectivity index (χ2v) is 29.7. The maximum atomic E-state index is 13.0. The van der Waals surface area contributed by atoms with Gasteiger partial charge in [0.15, 0.2) is 6.10 Å². The van der Waals surface area contributed by atoms with E-state index in [2.05, 4.69) is 185 Å². The van der Waals surface area contributed by atoms with Gasteiger partial charge in [-0.3, -0.25) is 32.5 Å². The third kappa shape index (κ3) is 81.5. The van der Waals surface area contributed by atoms with Crippen molar-refractivity contribution in [1.82, 2.24) is 0 Å². The first-order valence-corrected chi connectivity index (χ1v) is 44.1. The average Bonchev–Trinajstić information content (AvgIpc) is 0.907. The van der Waals surface area contributed by atoms with Gasteiger partial charge in [-0.05, 0) is 148 Å². The van der Waals surface area contributed by atoms with Crippen molar-refractivity contribution in [3.05, 3.63) is 182 Å². The van der Waals surface area contributed by atoms with Crippen LogP contribution < -0.4 is 0 Å². The van der Waals surface area contributed by atoms with Crippen LogP contribution in [0.4, 0.5) is 0 Å². The molecule has 0 heterocycles. The van der Waals surface area contributed by atoms with E-state index in [-0.39, 0.29) is 19.3 Å². The van der Waals surface area contributed by atoms with Crippen LogP contribution in [-0.2, 0) is 55.8 Å². The molecule has 0 saturated heterocycles. The molecule has 0 saturated carbocycles. The molecule has 0 fully saturated rings. The van der Waals surface area contributed by atoms with E-state index in [0.717, 1.165) is 141 Å². The molecule has 0 aliphatic heterocycles. The quantitative estimate of drug-likeness (QED) is 0.0146. The third-order valence-electron chi connectivity index (χ3n) is 16.6. The number of rotatable bonds is 76. The lowest BCUT2D eigenvalue weighted by Gasteiger charge is -2.21. The summed E-state index contributed by atoms with van der Waals surface area (Å²) in [5.74, 6) is -1.70. The molecule has 0 aliphatic carbocycles. The Morgan fingerprint density at radius 1 is 0.271 bits per heavy atom. The van der Waals surface area contributed by atoms with E-state index >= 15 is 0 Å². The van der Waals surface area contributed by atoms with Crippen LogP contribution in [0.5, 0.6) is 0 Å². The van der Waals surface area contributed by atoms with Crippen molar-refractivity contribution in [1.29, 1.82) is 0 Å². The molecule has 4 N–H and O–H groups in total. The second kappa shape index (κ2) is 80.2. The Kier molecular flexibility index (Phi) is 76.2. The van der Waals surface area contributed by atoms with Gasteiger partial charge in [-0.25, -0.2) is 9.13 Å². The molecule has 0 aliphatic rings. The number of hydrogen-bond donors (Lipinski definition) is 4. The van der Waals surface area contributed by atoms with E-state index in [9.17, 15) is 43.5 Å². The van der Waals surface area contributed by atoms with Crippen molar-refractivity contribution >= 4 is 33.6 Å². The zero-order chi connectivity index (χ0) is 78.0. The van der Waals surface area contributed by atoms with Crippen LogP contribution in [0.2, 0.25) is 0 Å². The Balaban J connectivity index is 4.62. The lowest BCUT2D eigenvalue weighted by atomic mass is 10.0. The molecular formula is C89H146O16P2. The van der Waals surface area contributed by atoms with Crippen LogP contribution >= 0.6 is 15.6 Å². The van der Waals surface area contributed by atoms with Gasteiger partial charge in [-0.2, -0.15) is 0 Å². The lowest BCUT2D eigenvalue weighted by Crippen LogP contribution is -2.29. The fourth-order valence-electron chi connectivity index (χ4n) is 10.4. The maximum Gasteiger partial charge on any atom is 0.472 e. The van der Waals surface area contributed by atoms with Crippen molar-refractivity contribution in [2.45, 2.75) is 322 Å². The summed E-state index contributed by atoms with van der Waals surface area (Å²) >= 11 is 0. The van der Waals surface area contributed by atoms with E-state index in [1.165, 1.54) is 96.3 Å². The number of phosphoric ester groups is 2. The molecule has 608 valence electrons. The minimum atomic E-state index is -4.96. The summed E-state index contributed by atoms with van der Waals surface area (Å²) in [5, 5.41) is 20.7. The number of hydrogen-bond acceptors (Lipinski definition) is 14. The molecule has 0 aromatic heterocycles. The van der Waals surface area contributed by atoms with Crippen LogP contribution in [0, 0.1) is 0 Å². The van der Waals surface area contributed by atoms with Gasteiger partial charge in [0.05, 0.1) is 26.4 Å². The minimum Gasteiger partial charge on any atom is -0.463 e. The highest BCUT2D eigenvalue weighted by molar-refractivity contribution is 7.47. The number of phosphoric acid groups is 2. The Bertz CT molecular complexity index is 2670. The van der Waals surface area contributed by atoms with Crippen molar-refractivity contribution < 1.29 is 75.8 Å². The van der Waals surface area contributed by atoms with Gasteiger partial charge in [0.2, 0.25) is 0 Å². The number of carbonyl (C=O) groups is 3. The molecular weight excluding hydrogens is 1390 g/mol. The number of aliphatic hydroxyl groups is 2. The SMILES string of the molecule is CC/C=C\C/C=C\C/C=C\C/C=C\C/C=C\C/C=C\CCC(=O)OC(COC(=O)CCCCCCC/C=C\C/C=C\C/C=C\C/C=C\CCCCC)COP(=O)(O)OCC(O)COP(=O)(O)OCC(O)COC(=O)CCCCCCCCCCCCCCCCC/C=C\C/C=C\C/C=C\C/C=C\C/C=C\CC. The smallest absolute Gasteiger partial charge is 0.463 e. The minimum absolute atomic E-state index is 0.0313. The van der Waals surface area contributed by atoms with Gasteiger partial charge in [0.1, 0.15) is 25.4 Å². The zero-order valence-corrected chi connectivity index (χ0v) is 68.3. The fraction of sp³-hybridized carbons (Fsp3) is 0.629. The predicted octanol–water partition coefficient (Wildman–Crippen LogP) is 24.5. The second-order valence-electron chi connectivity index (χ2n) is 26.8. The van der Waals surface area contributed by atoms with Gasteiger partial charge in [0, 0.05) is 19.3 Å². The molecule has 0 aromatic carbocycles. The highest BCUT2D eigenvalue weighted by Gasteiger charge is 2.29. The normalized spacial score (nSPS) is 14.9. The molecule has 0 rings (SSSR count). The molecule has 0 amide bonds. The molecule has 5 atom stereocenters. The lowest BCUT2D eigenvalue weighted by molar-refractivity contribution is -0.161. The summed E-state index contributed by atoms with van der Waals surface area (Å²) < 4.78 is 61.1. The summed E-state index contributed by atoms with van der Waals surface area (Å²) in [6.45, 7) is 2.31. The summed E-state index contributed by atoms with van der Waals surface area (Å²) in [6, 6.07) is 0. The number of carbonyl (C=O) groups excluding carboxylic acids is 3. The van der Waals surface area contributed by atoms with E-state index < -0.39 is 91.5 Å². The van der Waals surface area contributed by atoms with E-state index in [1.54, 1.807) is 0 Å². The van der Waals surface area contributed by atoms with Gasteiger partial charge in [-0.15, -0.1) is 0 Å². The van der Waals surface area contributed by atoms with Gasteiger partial charge < -0.3 is 34.2 Å². The van der Waals surface area contributed by atoms with Crippen LogP contribution in [-0.4, -0.2) is 95.9 Å². The molecule has 0 spiro atoms. The van der Waals surface area contributed by atoms with Crippen LogP contribution in [0.15, 0.2) is 182 Å². The third-order valence-corrected chi connectivity index (χ3v) is 18.5. The van der Waals surface area contributed by atoms with E-state index in [1.807, 2.05) is 18.2 Å². The van der Waals surface area contributed by atoms with Crippen molar-refractivity contribution in [3.63, 3.8) is 0 Å². The highest BCUT2D eigenvalue weighted by atomic mass is 31.2. The topological polar surface area (TPSA) is 231 Å². The molecule has 0 bridgehead atoms. The Morgan fingerprint density at radius 3 is 0.822 bits per heavy atom. The Morgan fingerprint density at radius 2 is 0.514 bits per heavy atom. The number of esters is 3. The van der Waals surface area contributed by atoms with Gasteiger partial charge in [-0.1, -0.05) is 319 Å². The van der Waals surface area contributed by atoms with Crippen LogP contribution in [0.25, 0.3) is 0 Å². The monoisotopic (exact) mass is 1530 g/mol. The number of aliphatic hydroxyl groups excluding tert-OH is 2. The predicted molar refractivity (Wildman–Crippen MR) is 445 cm³/mol. The average molecular weight is 1530 g/mol. The summed E-state index contributed by atoms with van der Waals surface area (Å²) in [6.07, 6.45) is 104. The Labute approximate surface area is 649 Å². The first-order chi connectivity index (χ1) is 52.2. The first kappa shape index (κ1) is 102. The largest absolute Gasteiger partial charge is 0.472 e. The molecule has 16 nitrogen and oxygen atoms in total. The van der Waals surface area contributed by atoms with Crippen LogP contribution in [0.1, 0.15) is 303 Å². The first-order valence-electron chi connectivity index (χ1n) is 41.1. The molecule has 0 aromatic rings. The molecule has 0 radical (unpaired) electrons. The summed E-state index contributed by atoms with van der Waals surface area (Å²) in [5.41, 5.74) is 0. The number of unbranched alkanes of at least 4 members (excludes halogenated alkanes) is 23. The molecule has 107 heavy (non-hydrogen) atoms. The van der Waals surface area contributed by atoms with Crippen molar-refractivity contribution in [3.8, 4) is 0 Å². The summed E-state index contributed by atoms with van der Waals surface area (Å²) in [4.78, 5) is 58.7. The molecule has 18 heteroatoms. The number of ether oxygens (including phenoxy) is 3. The van der Waals surface area contributed by atoms with Gasteiger partial charge >= 0.3 is 33.6 Å². The molecule has 5 unspecified atom stereocenters. The van der Waals surface area contributed by atoms with Crippen LogP contribution in [0.3, 0.4) is 0 Å². The van der Waals surface area contributed by atoms with E-state index in [4.69, 9.17) is 32.3 Å². The maximum absolute atomic E-state index is 13.0. The van der Waals surface area contributed by atoms with Gasteiger partial charge in [0.25, 0.3) is 0 Å². The highest BCUT2D eigenvalue weighted by Crippen LogP contribution is 2.45. The fourth-order valence-corrected chi connectivity index (χ4v) is 12.0.